The summed E-state index contributed by atoms with van der Waals surface area (Å²) in [6.45, 7) is 8.89. The number of anilines is 2. The van der Waals surface area contributed by atoms with Gasteiger partial charge in [-0.1, -0.05) is 37.6 Å². The Morgan fingerprint density at radius 2 is 1.89 bits per heavy atom. The summed E-state index contributed by atoms with van der Waals surface area (Å²) in [5.74, 6) is -0.972. The largest absolute Gasteiger partial charge is 0.506 e. The number of sulfonamides is 1. The number of nitrogens with one attached hydrogen (secondary N) is 2. The first-order valence-corrected chi connectivity index (χ1v) is 13.0. The van der Waals surface area contributed by atoms with Crippen molar-refractivity contribution < 1.29 is 27.9 Å². The molecule has 2 aromatic rings. The first-order valence-electron chi connectivity index (χ1n) is 11.6. The van der Waals surface area contributed by atoms with E-state index >= 15 is 0 Å². The second-order valence-electron chi connectivity index (χ2n) is 10.1. The van der Waals surface area contributed by atoms with Crippen LogP contribution in [0.25, 0.3) is 5.76 Å². The topological polar surface area (TPSA) is 134 Å². The minimum atomic E-state index is -4.27. The number of Topliss-reactive ketones (excluding diaryl/α,β-unsaturated/α-hetero) is 1. The van der Waals surface area contributed by atoms with Crippen molar-refractivity contribution in [3.8, 4) is 0 Å². The van der Waals surface area contributed by atoms with Crippen molar-refractivity contribution in [3.63, 3.8) is 0 Å². The van der Waals surface area contributed by atoms with Crippen molar-refractivity contribution in [3.05, 3.63) is 59.2 Å². The molecule has 1 heterocycles. The van der Waals surface area contributed by atoms with Crippen LogP contribution in [0.2, 0.25) is 0 Å². The SMILES string of the molecule is CCCC1(C)C(=O)C(C2=NS(=O)(=O)c3cc(NC(=O)OC(C)(C)C)ccc3N2)=C(O)c2ccccc21. The number of carbonyl (C=O) groups excluding carboxylic acids is 2. The smallest absolute Gasteiger partial charge is 0.412 e. The predicted molar refractivity (Wildman–Crippen MR) is 138 cm³/mol. The molecule has 1 unspecified atom stereocenters. The number of ketones is 1. The Morgan fingerprint density at radius 1 is 1.19 bits per heavy atom. The van der Waals surface area contributed by atoms with Crippen LogP contribution in [0, 0.1) is 0 Å². The highest BCUT2D eigenvalue weighted by atomic mass is 32.2. The number of nitrogens with zero attached hydrogens (tertiary/aromatic N) is 1. The first-order chi connectivity index (χ1) is 16.8. The fourth-order valence-electron chi connectivity index (χ4n) is 4.55. The molecule has 0 fully saturated rings. The fourth-order valence-corrected chi connectivity index (χ4v) is 5.69. The zero-order valence-corrected chi connectivity index (χ0v) is 21.6. The Balaban J connectivity index is 1.75. The van der Waals surface area contributed by atoms with Crippen LogP contribution >= 0.6 is 0 Å². The molecule has 4 rings (SSSR count). The van der Waals surface area contributed by atoms with E-state index in [4.69, 9.17) is 4.74 Å². The maximum Gasteiger partial charge on any atom is 0.412 e. The lowest BCUT2D eigenvalue weighted by Crippen LogP contribution is -2.42. The van der Waals surface area contributed by atoms with Crippen molar-refractivity contribution in [2.75, 3.05) is 10.6 Å². The molecular weight excluding hydrogens is 482 g/mol. The number of rotatable bonds is 4. The van der Waals surface area contributed by atoms with Gasteiger partial charge in [0, 0.05) is 11.3 Å². The summed E-state index contributed by atoms with van der Waals surface area (Å²) < 4.78 is 35.4. The van der Waals surface area contributed by atoms with Crippen LogP contribution in [0.5, 0.6) is 0 Å². The van der Waals surface area contributed by atoms with E-state index in [1.807, 2.05) is 6.92 Å². The molecule has 0 aromatic heterocycles. The molecule has 0 radical (unpaired) electrons. The van der Waals surface area contributed by atoms with E-state index in [1.165, 1.54) is 18.2 Å². The molecule has 0 spiro atoms. The second kappa shape index (κ2) is 8.77. The molecule has 10 heteroatoms. The first kappa shape index (κ1) is 25.4. The molecule has 1 aliphatic carbocycles. The number of fused-ring (bicyclic) bond motifs is 2. The van der Waals surface area contributed by atoms with Gasteiger partial charge >= 0.3 is 6.09 Å². The third kappa shape index (κ3) is 4.48. The van der Waals surface area contributed by atoms with Gasteiger partial charge < -0.3 is 15.2 Å². The number of aliphatic hydroxyl groups excluding tert-OH is 1. The van der Waals surface area contributed by atoms with Gasteiger partial charge in [0.05, 0.1) is 11.1 Å². The zero-order chi connectivity index (χ0) is 26.5. The van der Waals surface area contributed by atoms with Crippen LogP contribution in [0.1, 0.15) is 58.6 Å². The van der Waals surface area contributed by atoms with E-state index in [2.05, 4.69) is 15.0 Å². The quantitative estimate of drug-likeness (QED) is 0.516. The molecule has 36 heavy (non-hydrogen) atoms. The highest BCUT2D eigenvalue weighted by molar-refractivity contribution is 7.90. The summed E-state index contributed by atoms with van der Waals surface area (Å²) in [4.78, 5) is 25.7. The summed E-state index contributed by atoms with van der Waals surface area (Å²) in [6.07, 6.45) is 0.485. The van der Waals surface area contributed by atoms with Gasteiger partial charge in [-0.15, -0.1) is 4.40 Å². The maximum atomic E-state index is 13.7. The Hall–Kier alpha value is -3.66. The van der Waals surface area contributed by atoms with Crippen molar-refractivity contribution in [1.82, 2.24) is 0 Å². The number of ether oxygens (including phenoxy) is 1. The Labute approximate surface area is 210 Å². The van der Waals surface area contributed by atoms with Crippen molar-refractivity contribution >= 4 is 44.9 Å². The molecule has 190 valence electrons. The average molecular weight is 512 g/mol. The van der Waals surface area contributed by atoms with Crippen LogP contribution in [0.4, 0.5) is 16.2 Å². The molecule has 1 aliphatic heterocycles. The minimum absolute atomic E-state index is 0.166. The van der Waals surface area contributed by atoms with Crippen LogP contribution in [-0.4, -0.2) is 36.8 Å². The summed E-state index contributed by atoms with van der Waals surface area (Å²) in [6, 6.07) is 11.3. The Kier molecular flexibility index (Phi) is 6.20. The minimum Gasteiger partial charge on any atom is -0.506 e. The van der Waals surface area contributed by atoms with Gasteiger partial charge in [0.25, 0.3) is 10.0 Å². The van der Waals surface area contributed by atoms with E-state index in [0.29, 0.717) is 24.0 Å². The van der Waals surface area contributed by atoms with Crippen LogP contribution in [0.3, 0.4) is 0 Å². The fraction of sp³-hybridized carbons (Fsp3) is 0.346. The number of aliphatic hydroxyl groups is 1. The average Bonchev–Trinajstić information content (AvgIpc) is 2.77. The lowest BCUT2D eigenvalue weighted by atomic mass is 9.67. The lowest BCUT2D eigenvalue weighted by Gasteiger charge is -2.36. The number of hydrogen-bond acceptors (Lipinski definition) is 7. The molecule has 3 N–H and O–H groups in total. The van der Waals surface area contributed by atoms with E-state index in [0.717, 1.165) is 0 Å². The van der Waals surface area contributed by atoms with Gasteiger partial charge in [0.1, 0.15) is 21.8 Å². The molecule has 2 aliphatic rings. The normalized spacial score (nSPS) is 20.6. The van der Waals surface area contributed by atoms with Gasteiger partial charge in [-0.05, 0) is 57.9 Å². The molecule has 0 saturated carbocycles. The third-order valence-electron chi connectivity index (χ3n) is 6.10. The molecule has 2 aromatic carbocycles. The van der Waals surface area contributed by atoms with Crippen LogP contribution in [0.15, 0.2) is 57.3 Å². The molecule has 9 nitrogen and oxygen atoms in total. The molecule has 0 saturated heterocycles. The molecule has 1 amide bonds. The highest BCUT2D eigenvalue weighted by Crippen LogP contribution is 2.43. The maximum absolute atomic E-state index is 13.7. The van der Waals surface area contributed by atoms with Gasteiger partial charge in [-0.2, -0.15) is 8.42 Å². The van der Waals surface area contributed by atoms with Gasteiger partial charge in [0.15, 0.2) is 11.6 Å². The molecular formula is C26H29N3O6S. The highest BCUT2D eigenvalue weighted by Gasteiger charge is 2.46. The van der Waals surface area contributed by atoms with Crippen molar-refractivity contribution in [2.45, 2.75) is 63.4 Å². The van der Waals surface area contributed by atoms with Crippen molar-refractivity contribution in [2.24, 2.45) is 4.40 Å². The number of amides is 1. The monoisotopic (exact) mass is 511 g/mol. The summed E-state index contributed by atoms with van der Waals surface area (Å²) >= 11 is 0. The van der Waals surface area contributed by atoms with Gasteiger partial charge in [-0.25, -0.2) is 4.79 Å². The standard InChI is InChI=1S/C26H29N3O6S/c1-6-13-26(5)17-10-8-7-9-16(17)21(30)20(22(26)31)23-28-18-12-11-15(14-19(18)36(33,34)29-23)27-24(32)35-25(2,3)4/h7-12,14,30H,6,13H2,1-5H3,(H,27,32)(H,28,29). The van der Waals surface area contributed by atoms with Crippen LogP contribution in [-0.2, 0) is 25.0 Å². The number of carbonyl (C=O) groups is 2. The summed E-state index contributed by atoms with van der Waals surface area (Å²) in [5, 5.41) is 16.5. The van der Waals surface area contributed by atoms with Crippen molar-refractivity contribution in [1.29, 1.82) is 0 Å². The number of amidine groups is 1. The number of hydrogen-bond donors (Lipinski definition) is 3. The van der Waals surface area contributed by atoms with Crippen LogP contribution < -0.4 is 10.6 Å². The Morgan fingerprint density at radius 3 is 2.56 bits per heavy atom. The predicted octanol–water partition coefficient (Wildman–Crippen LogP) is 5.16. The summed E-state index contributed by atoms with van der Waals surface area (Å²) in [5.41, 5.74) is -0.329. The second-order valence-corrected chi connectivity index (χ2v) is 11.6. The van der Waals surface area contributed by atoms with E-state index in [9.17, 15) is 23.1 Å². The Bertz CT molecular complexity index is 1440. The summed E-state index contributed by atoms with van der Waals surface area (Å²) in [7, 11) is -4.27. The van der Waals surface area contributed by atoms with E-state index < -0.39 is 32.9 Å². The van der Waals surface area contributed by atoms with E-state index in [1.54, 1.807) is 52.0 Å². The van der Waals surface area contributed by atoms with E-state index in [-0.39, 0.29) is 33.4 Å². The molecule has 1 atom stereocenters. The van der Waals surface area contributed by atoms with Gasteiger partial charge in [0.2, 0.25) is 0 Å². The molecule has 0 bridgehead atoms. The lowest BCUT2D eigenvalue weighted by molar-refractivity contribution is -0.120. The zero-order valence-electron chi connectivity index (χ0n) is 20.8. The number of benzene rings is 2. The van der Waals surface area contributed by atoms with Gasteiger partial charge in [-0.3, -0.25) is 10.1 Å². The third-order valence-corrected chi connectivity index (χ3v) is 7.41.